The Bertz CT molecular complexity index is 491. The molecule has 2 heterocycles. The van der Waals surface area contributed by atoms with Gasteiger partial charge in [0.1, 0.15) is 0 Å². The van der Waals surface area contributed by atoms with E-state index in [0.29, 0.717) is 0 Å². The summed E-state index contributed by atoms with van der Waals surface area (Å²) in [5, 5.41) is 6.93. The van der Waals surface area contributed by atoms with E-state index in [1.807, 2.05) is 25.5 Å². The molecule has 0 saturated heterocycles. The van der Waals surface area contributed by atoms with Crippen LogP contribution in [0.4, 0.5) is 0 Å². The maximum atomic E-state index is 6.23. The van der Waals surface area contributed by atoms with Crippen molar-refractivity contribution >= 4 is 22.9 Å². The fraction of sp³-hybridized carbons (Fsp3) is 0.300. The van der Waals surface area contributed by atoms with E-state index in [4.69, 9.17) is 17.4 Å². The molecule has 0 aromatic carbocycles. The number of rotatable bonds is 3. The Labute approximate surface area is 103 Å². The number of hydrazine groups is 1. The number of nitrogens with one attached hydrogen (secondary N) is 1. The average Bonchev–Trinajstić information content (AvgIpc) is 2.81. The van der Waals surface area contributed by atoms with Gasteiger partial charge >= 0.3 is 0 Å². The molecule has 0 fully saturated rings. The lowest BCUT2D eigenvalue weighted by Gasteiger charge is -2.12. The zero-order valence-corrected chi connectivity index (χ0v) is 10.6. The highest BCUT2D eigenvalue weighted by molar-refractivity contribution is 7.10. The van der Waals surface area contributed by atoms with Crippen molar-refractivity contribution in [3.63, 3.8) is 0 Å². The molecule has 0 aliphatic carbocycles. The van der Waals surface area contributed by atoms with Crippen LogP contribution in [0.3, 0.4) is 0 Å². The van der Waals surface area contributed by atoms with Gasteiger partial charge in [-0.2, -0.15) is 5.10 Å². The Morgan fingerprint density at radius 1 is 1.62 bits per heavy atom. The van der Waals surface area contributed by atoms with Crippen molar-refractivity contribution in [1.29, 1.82) is 0 Å². The van der Waals surface area contributed by atoms with Gasteiger partial charge < -0.3 is 0 Å². The van der Waals surface area contributed by atoms with Crippen LogP contribution in [0.15, 0.2) is 17.8 Å². The minimum absolute atomic E-state index is 0.0973. The molecule has 3 N–H and O–H groups in total. The van der Waals surface area contributed by atoms with Crippen molar-refractivity contribution in [3.05, 3.63) is 38.8 Å². The lowest BCUT2D eigenvalue weighted by atomic mass is 10.1. The first-order valence-corrected chi connectivity index (χ1v) is 6.07. The molecule has 1 unspecified atom stereocenters. The molecule has 4 nitrogen and oxygen atoms in total. The van der Waals surface area contributed by atoms with Crippen LogP contribution >= 0.6 is 22.9 Å². The van der Waals surface area contributed by atoms with Gasteiger partial charge in [-0.05, 0) is 17.9 Å². The topological polar surface area (TPSA) is 55.9 Å². The third-order valence-corrected chi connectivity index (χ3v) is 4.19. The maximum Gasteiger partial charge on any atom is 0.0847 e. The maximum absolute atomic E-state index is 6.23. The zero-order chi connectivity index (χ0) is 11.7. The standard InChI is InChI=1S/C10H13ClN4S/c1-6-5-16-10(8(6)11)9(14-12)7-3-13-15(2)4-7/h3-5,9,14H,12H2,1-2H3. The second-order valence-corrected chi connectivity index (χ2v) is 4.93. The second kappa shape index (κ2) is 4.55. The number of aromatic nitrogens is 2. The molecule has 2 aromatic heterocycles. The summed E-state index contributed by atoms with van der Waals surface area (Å²) in [5.74, 6) is 5.59. The van der Waals surface area contributed by atoms with Crippen LogP contribution in [0.1, 0.15) is 22.0 Å². The Hall–Kier alpha value is -0.880. The number of nitrogens with zero attached hydrogens (tertiary/aromatic N) is 2. The number of hydrogen-bond donors (Lipinski definition) is 2. The Morgan fingerprint density at radius 2 is 2.38 bits per heavy atom. The van der Waals surface area contributed by atoms with E-state index in [1.54, 1.807) is 22.2 Å². The SMILES string of the molecule is Cc1csc(C(NN)c2cnn(C)c2)c1Cl. The summed E-state index contributed by atoms with van der Waals surface area (Å²) in [7, 11) is 1.87. The Kier molecular flexibility index (Phi) is 3.30. The van der Waals surface area contributed by atoms with E-state index in [2.05, 4.69) is 10.5 Å². The van der Waals surface area contributed by atoms with Crippen molar-refractivity contribution in [1.82, 2.24) is 15.2 Å². The van der Waals surface area contributed by atoms with Gasteiger partial charge in [-0.3, -0.25) is 10.5 Å². The minimum atomic E-state index is -0.0973. The minimum Gasteiger partial charge on any atom is -0.275 e. The van der Waals surface area contributed by atoms with Crippen molar-refractivity contribution in [3.8, 4) is 0 Å². The average molecular weight is 257 g/mol. The van der Waals surface area contributed by atoms with E-state index < -0.39 is 0 Å². The molecule has 2 rings (SSSR count). The van der Waals surface area contributed by atoms with Crippen LogP contribution in [0.2, 0.25) is 5.02 Å². The van der Waals surface area contributed by atoms with Crippen LogP contribution in [-0.2, 0) is 7.05 Å². The fourth-order valence-corrected chi connectivity index (χ4v) is 2.95. The number of halogens is 1. The largest absolute Gasteiger partial charge is 0.275 e. The van der Waals surface area contributed by atoms with Gasteiger partial charge in [-0.25, -0.2) is 5.43 Å². The van der Waals surface area contributed by atoms with Crippen molar-refractivity contribution in [2.45, 2.75) is 13.0 Å². The summed E-state index contributed by atoms with van der Waals surface area (Å²) in [6, 6.07) is -0.0973. The van der Waals surface area contributed by atoms with Crippen molar-refractivity contribution < 1.29 is 0 Å². The predicted molar refractivity (Wildman–Crippen MR) is 66.4 cm³/mol. The summed E-state index contributed by atoms with van der Waals surface area (Å²) in [4.78, 5) is 1.02. The summed E-state index contributed by atoms with van der Waals surface area (Å²) < 4.78 is 1.74. The molecule has 2 aromatic rings. The molecule has 0 amide bonds. The van der Waals surface area contributed by atoms with Gasteiger partial charge in [0.05, 0.1) is 17.3 Å². The molecule has 0 radical (unpaired) electrons. The van der Waals surface area contributed by atoms with Gasteiger partial charge in [0.2, 0.25) is 0 Å². The summed E-state index contributed by atoms with van der Waals surface area (Å²) >= 11 is 7.83. The fourth-order valence-electron chi connectivity index (χ4n) is 1.56. The molecule has 6 heteroatoms. The number of nitrogens with two attached hydrogens (primary N) is 1. The van der Waals surface area contributed by atoms with E-state index in [9.17, 15) is 0 Å². The molecule has 1 atom stereocenters. The monoisotopic (exact) mass is 256 g/mol. The normalized spacial score (nSPS) is 13.0. The first-order valence-electron chi connectivity index (χ1n) is 4.81. The number of aryl methyl sites for hydroxylation is 2. The predicted octanol–water partition coefficient (Wildman–Crippen LogP) is 2.00. The molecular formula is C10H13ClN4S. The van der Waals surface area contributed by atoms with Gasteiger partial charge in [-0.15, -0.1) is 11.3 Å². The van der Waals surface area contributed by atoms with Gasteiger partial charge in [-0.1, -0.05) is 11.6 Å². The molecule has 86 valence electrons. The third kappa shape index (κ3) is 1.99. The van der Waals surface area contributed by atoms with E-state index in [-0.39, 0.29) is 6.04 Å². The molecule has 16 heavy (non-hydrogen) atoms. The molecule has 0 spiro atoms. The Morgan fingerprint density at radius 3 is 2.81 bits per heavy atom. The first kappa shape index (κ1) is 11.6. The summed E-state index contributed by atoms with van der Waals surface area (Å²) in [5.41, 5.74) is 4.86. The van der Waals surface area contributed by atoms with Crippen LogP contribution in [-0.4, -0.2) is 9.78 Å². The highest BCUT2D eigenvalue weighted by Crippen LogP contribution is 2.35. The highest BCUT2D eigenvalue weighted by atomic mass is 35.5. The number of hydrogen-bond acceptors (Lipinski definition) is 4. The third-order valence-electron chi connectivity index (χ3n) is 2.41. The molecular weight excluding hydrogens is 244 g/mol. The van der Waals surface area contributed by atoms with Crippen LogP contribution in [0.5, 0.6) is 0 Å². The summed E-state index contributed by atoms with van der Waals surface area (Å²) in [6.45, 7) is 1.99. The lowest BCUT2D eigenvalue weighted by molar-refractivity contribution is 0.645. The lowest BCUT2D eigenvalue weighted by Crippen LogP contribution is -2.28. The zero-order valence-electron chi connectivity index (χ0n) is 9.07. The van der Waals surface area contributed by atoms with Gasteiger partial charge in [0.15, 0.2) is 0 Å². The molecule has 0 aliphatic heterocycles. The van der Waals surface area contributed by atoms with Crippen LogP contribution in [0.25, 0.3) is 0 Å². The van der Waals surface area contributed by atoms with Crippen LogP contribution < -0.4 is 11.3 Å². The molecule has 0 bridgehead atoms. The number of thiophene rings is 1. The van der Waals surface area contributed by atoms with Gasteiger partial charge in [0, 0.05) is 23.7 Å². The molecule has 0 aliphatic rings. The summed E-state index contributed by atoms with van der Waals surface area (Å²) in [6.07, 6.45) is 3.71. The van der Waals surface area contributed by atoms with Crippen LogP contribution in [0, 0.1) is 6.92 Å². The van der Waals surface area contributed by atoms with Crippen molar-refractivity contribution in [2.75, 3.05) is 0 Å². The first-order chi connectivity index (χ1) is 7.63. The van der Waals surface area contributed by atoms with E-state index >= 15 is 0 Å². The van der Waals surface area contributed by atoms with Crippen molar-refractivity contribution in [2.24, 2.45) is 12.9 Å². The van der Waals surface area contributed by atoms with E-state index in [1.165, 1.54) is 0 Å². The smallest absolute Gasteiger partial charge is 0.0847 e. The van der Waals surface area contributed by atoms with E-state index in [0.717, 1.165) is 21.0 Å². The van der Waals surface area contributed by atoms with Gasteiger partial charge in [0.25, 0.3) is 0 Å². The quantitative estimate of drug-likeness (QED) is 0.652. The second-order valence-electron chi connectivity index (χ2n) is 3.64. The highest BCUT2D eigenvalue weighted by Gasteiger charge is 2.19. The Balaban J connectivity index is 2.40. The molecule has 0 saturated carbocycles.